The van der Waals surface area contributed by atoms with Gasteiger partial charge in [-0.1, -0.05) is 6.08 Å². The zero-order chi connectivity index (χ0) is 8.20. The second-order valence-corrected chi connectivity index (χ2v) is 2.33. The summed E-state index contributed by atoms with van der Waals surface area (Å²) >= 11 is 4.04. The highest BCUT2D eigenvalue weighted by Gasteiger charge is 2.30. The number of allylic oxidation sites excluding steroid dienone is 1. The summed E-state index contributed by atoms with van der Waals surface area (Å²) < 4.78 is 35.9. The SMILES string of the molecule is C=CCC(F)([S])C(F)=CF. The van der Waals surface area contributed by atoms with Gasteiger partial charge in [-0.15, -0.1) is 6.58 Å². The minimum atomic E-state index is -2.66. The Morgan fingerprint density at radius 1 is 1.70 bits per heavy atom. The van der Waals surface area contributed by atoms with Crippen molar-refractivity contribution in [3.8, 4) is 0 Å². The molecule has 0 heterocycles. The van der Waals surface area contributed by atoms with E-state index in [0.717, 1.165) is 6.08 Å². The zero-order valence-electron chi connectivity index (χ0n) is 5.11. The van der Waals surface area contributed by atoms with Crippen LogP contribution in [-0.2, 0) is 0 Å². The third-order valence-electron chi connectivity index (χ3n) is 0.859. The maximum absolute atomic E-state index is 12.5. The normalized spacial score (nSPS) is 18.2. The molecule has 0 aromatic carbocycles. The summed E-state index contributed by atoms with van der Waals surface area (Å²) in [4.78, 5) is 0. The van der Waals surface area contributed by atoms with E-state index in [1.807, 2.05) is 0 Å². The van der Waals surface area contributed by atoms with Crippen LogP contribution >= 0.6 is 12.6 Å². The first-order chi connectivity index (χ1) is 4.54. The largest absolute Gasteiger partial charge is 0.223 e. The van der Waals surface area contributed by atoms with Crippen molar-refractivity contribution < 1.29 is 13.2 Å². The molecule has 0 rings (SSSR count). The fourth-order valence-corrected chi connectivity index (χ4v) is 0.527. The molecule has 0 bridgehead atoms. The molecule has 10 heavy (non-hydrogen) atoms. The number of alkyl halides is 1. The molecule has 0 nitrogen and oxygen atoms in total. The van der Waals surface area contributed by atoms with Gasteiger partial charge in [0, 0.05) is 6.42 Å². The Morgan fingerprint density at radius 3 is 2.50 bits per heavy atom. The van der Waals surface area contributed by atoms with Crippen LogP contribution in [0.15, 0.2) is 24.8 Å². The first-order valence-electron chi connectivity index (χ1n) is 2.51. The lowest BCUT2D eigenvalue weighted by molar-refractivity contribution is 0.286. The van der Waals surface area contributed by atoms with Crippen LogP contribution in [0.25, 0.3) is 0 Å². The van der Waals surface area contributed by atoms with Gasteiger partial charge in [0.1, 0.15) is 6.33 Å². The van der Waals surface area contributed by atoms with Crippen molar-refractivity contribution in [2.45, 2.75) is 11.4 Å². The van der Waals surface area contributed by atoms with Crippen LogP contribution in [0.1, 0.15) is 6.42 Å². The highest BCUT2D eigenvalue weighted by atomic mass is 32.1. The summed E-state index contributed by atoms with van der Waals surface area (Å²) in [6.07, 6.45) is 0.209. The molecule has 1 unspecified atom stereocenters. The van der Waals surface area contributed by atoms with Gasteiger partial charge in [0.2, 0.25) is 5.00 Å². The van der Waals surface area contributed by atoms with Crippen LogP contribution in [0.3, 0.4) is 0 Å². The predicted molar refractivity (Wildman–Crippen MR) is 36.5 cm³/mol. The maximum Gasteiger partial charge on any atom is 0.222 e. The molecule has 0 aromatic heterocycles. The smallest absolute Gasteiger partial charge is 0.222 e. The maximum atomic E-state index is 12.5. The van der Waals surface area contributed by atoms with Crippen LogP contribution in [0.2, 0.25) is 0 Å². The van der Waals surface area contributed by atoms with Gasteiger partial charge in [0.25, 0.3) is 0 Å². The molecule has 1 atom stereocenters. The number of hydrogen-bond donors (Lipinski definition) is 0. The summed E-state index contributed by atoms with van der Waals surface area (Å²) in [7, 11) is 0. The van der Waals surface area contributed by atoms with E-state index in [4.69, 9.17) is 0 Å². The summed E-state index contributed by atoms with van der Waals surface area (Å²) in [5.41, 5.74) is 0. The molecule has 0 saturated heterocycles. The molecular formula is C6H6F3S. The van der Waals surface area contributed by atoms with Crippen molar-refractivity contribution in [2.24, 2.45) is 0 Å². The fourth-order valence-electron chi connectivity index (χ4n) is 0.365. The van der Waals surface area contributed by atoms with Crippen molar-refractivity contribution in [3.63, 3.8) is 0 Å². The molecule has 0 aliphatic rings. The third-order valence-corrected chi connectivity index (χ3v) is 1.22. The van der Waals surface area contributed by atoms with E-state index in [-0.39, 0.29) is 0 Å². The van der Waals surface area contributed by atoms with Gasteiger partial charge < -0.3 is 0 Å². The Morgan fingerprint density at radius 2 is 2.20 bits per heavy atom. The van der Waals surface area contributed by atoms with Gasteiger partial charge in [-0.3, -0.25) is 0 Å². The van der Waals surface area contributed by atoms with Crippen molar-refractivity contribution >= 4 is 12.6 Å². The fraction of sp³-hybridized carbons (Fsp3) is 0.333. The summed E-state index contributed by atoms with van der Waals surface area (Å²) in [5.74, 6) is -1.58. The molecule has 1 radical (unpaired) electrons. The van der Waals surface area contributed by atoms with Crippen molar-refractivity contribution in [1.29, 1.82) is 0 Å². The minimum absolute atomic E-state index is 0.408. The minimum Gasteiger partial charge on any atom is -0.223 e. The van der Waals surface area contributed by atoms with E-state index >= 15 is 0 Å². The Hall–Kier alpha value is -0.380. The average Bonchev–Trinajstić information content (AvgIpc) is 1.86. The van der Waals surface area contributed by atoms with E-state index in [1.54, 1.807) is 0 Å². The highest BCUT2D eigenvalue weighted by Crippen LogP contribution is 2.31. The van der Waals surface area contributed by atoms with Crippen LogP contribution < -0.4 is 0 Å². The van der Waals surface area contributed by atoms with Gasteiger partial charge in [0.15, 0.2) is 5.83 Å². The summed E-state index contributed by atoms with van der Waals surface area (Å²) in [6.45, 7) is 3.14. The molecule has 0 aliphatic heterocycles. The Bertz CT molecular complexity index is 151. The Kier molecular flexibility index (Phi) is 3.57. The number of rotatable bonds is 3. The monoisotopic (exact) mass is 167 g/mol. The highest BCUT2D eigenvalue weighted by molar-refractivity contribution is 7.81. The standard InChI is InChI=1S/C6H6F3S/c1-2-3-6(9,10)5(8)4-7/h2,4H,1,3H2. The zero-order valence-corrected chi connectivity index (χ0v) is 5.93. The molecule has 0 spiro atoms. The van der Waals surface area contributed by atoms with Gasteiger partial charge >= 0.3 is 0 Å². The average molecular weight is 167 g/mol. The lowest BCUT2D eigenvalue weighted by Gasteiger charge is -2.11. The predicted octanol–water partition coefficient (Wildman–Crippen LogP) is 3.21. The third kappa shape index (κ3) is 2.47. The van der Waals surface area contributed by atoms with E-state index in [0.29, 0.717) is 0 Å². The topological polar surface area (TPSA) is 0 Å². The van der Waals surface area contributed by atoms with Crippen LogP contribution in [-0.4, -0.2) is 5.00 Å². The second-order valence-electron chi connectivity index (χ2n) is 1.68. The Balaban J connectivity index is 4.23. The first-order valence-corrected chi connectivity index (χ1v) is 2.92. The van der Waals surface area contributed by atoms with Gasteiger partial charge in [0.05, 0.1) is 0 Å². The molecule has 0 saturated carbocycles. The quantitative estimate of drug-likeness (QED) is 0.566. The first kappa shape index (κ1) is 9.62. The van der Waals surface area contributed by atoms with Gasteiger partial charge in [-0.05, 0) is 12.6 Å². The van der Waals surface area contributed by atoms with E-state index in [2.05, 4.69) is 19.2 Å². The van der Waals surface area contributed by atoms with Crippen LogP contribution in [0.4, 0.5) is 13.2 Å². The Labute approximate surface area is 62.8 Å². The number of hydrogen-bond acceptors (Lipinski definition) is 0. The van der Waals surface area contributed by atoms with E-state index < -0.39 is 23.6 Å². The van der Waals surface area contributed by atoms with Crippen LogP contribution in [0.5, 0.6) is 0 Å². The molecular weight excluding hydrogens is 161 g/mol. The molecule has 0 N–H and O–H groups in total. The summed E-state index contributed by atoms with van der Waals surface area (Å²) in [6, 6.07) is 0. The van der Waals surface area contributed by atoms with Gasteiger partial charge in [-0.25, -0.2) is 13.2 Å². The van der Waals surface area contributed by atoms with E-state index in [9.17, 15) is 13.2 Å². The molecule has 57 valence electrons. The van der Waals surface area contributed by atoms with Crippen LogP contribution in [0, 0.1) is 0 Å². The molecule has 0 amide bonds. The van der Waals surface area contributed by atoms with E-state index in [1.165, 1.54) is 0 Å². The lowest BCUT2D eigenvalue weighted by atomic mass is 10.2. The number of halogens is 3. The van der Waals surface area contributed by atoms with Gasteiger partial charge in [-0.2, -0.15) is 0 Å². The lowest BCUT2D eigenvalue weighted by Crippen LogP contribution is -2.13. The second kappa shape index (κ2) is 3.71. The summed E-state index contributed by atoms with van der Waals surface area (Å²) in [5, 5.41) is -2.66. The van der Waals surface area contributed by atoms with Crippen molar-refractivity contribution in [3.05, 3.63) is 24.8 Å². The molecule has 0 aromatic rings. The van der Waals surface area contributed by atoms with Crippen molar-refractivity contribution in [2.75, 3.05) is 0 Å². The molecule has 4 heteroatoms. The molecule has 0 fully saturated rings. The van der Waals surface area contributed by atoms with Crippen molar-refractivity contribution in [1.82, 2.24) is 0 Å². The molecule has 0 aliphatic carbocycles.